The third-order valence-electron chi connectivity index (χ3n) is 2.70. The lowest BCUT2D eigenvalue weighted by atomic mass is 10.0. The largest absolute Gasteiger partial charge is 0.481 e. The van der Waals surface area contributed by atoms with Crippen molar-refractivity contribution in [3.8, 4) is 0 Å². The summed E-state index contributed by atoms with van der Waals surface area (Å²) in [6.07, 6.45) is 2.10. The van der Waals surface area contributed by atoms with Crippen LogP contribution in [0.15, 0.2) is 0 Å². The van der Waals surface area contributed by atoms with Crippen molar-refractivity contribution in [2.24, 2.45) is 11.8 Å². The molecule has 0 aromatic rings. The minimum Gasteiger partial charge on any atom is -0.481 e. The Balaban J connectivity index is 3.60. The SMILES string of the molecule is CCCC(CNC(=O)NCCCOCC(C)C)C(=O)O. The monoisotopic (exact) mass is 288 g/mol. The highest BCUT2D eigenvalue weighted by molar-refractivity contribution is 5.75. The molecule has 0 aromatic heterocycles. The quantitative estimate of drug-likeness (QED) is 0.506. The van der Waals surface area contributed by atoms with Gasteiger partial charge in [0.2, 0.25) is 0 Å². The van der Waals surface area contributed by atoms with Crippen molar-refractivity contribution in [3.05, 3.63) is 0 Å². The molecule has 0 fully saturated rings. The van der Waals surface area contributed by atoms with Crippen molar-refractivity contribution < 1.29 is 19.4 Å². The molecule has 0 saturated heterocycles. The van der Waals surface area contributed by atoms with Crippen LogP contribution < -0.4 is 10.6 Å². The van der Waals surface area contributed by atoms with Crippen molar-refractivity contribution in [1.82, 2.24) is 10.6 Å². The predicted molar refractivity (Wildman–Crippen MR) is 77.7 cm³/mol. The molecule has 1 atom stereocenters. The highest BCUT2D eigenvalue weighted by Crippen LogP contribution is 2.04. The lowest BCUT2D eigenvalue weighted by Gasteiger charge is -2.13. The number of carbonyl (C=O) groups excluding carboxylic acids is 1. The first kappa shape index (κ1) is 18.7. The average Bonchev–Trinajstić information content (AvgIpc) is 2.37. The van der Waals surface area contributed by atoms with Gasteiger partial charge in [-0.15, -0.1) is 0 Å². The second-order valence-electron chi connectivity index (χ2n) is 5.28. The molecular formula is C14H28N2O4. The molecule has 0 aliphatic rings. The summed E-state index contributed by atoms with van der Waals surface area (Å²) in [4.78, 5) is 22.4. The van der Waals surface area contributed by atoms with E-state index in [-0.39, 0.29) is 12.6 Å². The van der Waals surface area contributed by atoms with Crippen LogP contribution in [0.5, 0.6) is 0 Å². The smallest absolute Gasteiger partial charge is 0.314 e. The second kappa shape index (κ2) is 11.5. The molecule has 0 rings (SSSR count). The number of ether oxygens (including phenoxy) is 1. The molecule has 20 heavy (non-hydrogen) atoms. The minimum absolute atomic E-state index is 0.166. The first-order valence-corrected chi connectivity index (χ1v) is 7.29. The third kappa shape index (κ3) is 10.6. The van der Waals surface area contributed by atoms with E-state index in [4.69, 9.17) is 9.84 Å². The Morgan fingerprint density at radius 2 is 1.95 bits per heavy atom. The normalized spacial score (nSPS) is 12.2. The van der Waals surface area contributed by atoms with Gasteiger partial charge in [-0.25, -0.2) is 4.79 Å². The number of hydrogen-bond acceptors (Lipinski definition) is 3. The Labute approximate surface area is 121 Å². The molecule has 6 nitrogen and oxygen atoms in total. The fourth-order valence-corrected chi connectivity index (χ4v) is 1.63. The van der Waals surface area contributed by atoms with Crippen LogP contribution in [0.25, 0.3) is 0 Å². The summed E-state index contributed by atoms with van der Waals surface area (Å²) in [7, 11) is 0. The van der Waals surface area contributed by atoms with Gasteiger partial charge in [0.25, 0.3) is 0 Å². The summed E-state index contributed by atoms with van der Waals surface area (Å²) >= 11 is 0. The number of rotatable bonds is 11. The number of carboxylic acids is 1. The van der Waals surface area contributed by atoms with E-state index in [1.165, 1.54) is 0 Å². The van der Waals surface area contributed by atoms with Crippen LogP contribution in [0.4, 0.5) is 4.79 Å². The predicted octanol–water partition coefficient (Wildman–Crippen LogP) is 1.85. The van der Waals surface area contributed by atoms with Gasteiger partial charge in [0.15, 0.2) is 0 Å². The molecule has 6 heteroatoms. The van der Waals surface area contributed by atoms with Gasteiger partial charge in [0.05, 0.1) is 5.92 Å². The first-order chi connectivity index (χ1) is 9.47. The summed E-state index contributed by atoms with van der Waals surface area (Å²) in [5.41, 5.74) is 0. The summed E-state index contributed by atoms with van der Waals surface area (Å²) in [5.74, 6) is -0.868. The maximum atomic E-state index is 11.5. The molecule has 2 amide bonds. The van der Waals surface area contributed by atoms with Gasteiger partial charge in [-0.3, -0.25) is 4.79 Å². The molecular weight excluding hydrogens is 260 g/mol. The summed E-state index contributed by atoms with van der Waals surface area (Å²) in [6.45, 7) is 8.12. The maximum Gasteiger partial charge on any atom is 0.314 e. The zero-order valence-electron chi connectivity index (χ0n) is 12.8. The molecule has 0 aliphatic carbocycles. The van der Waals surface area contributed by atoms with E-state index in [2.05, 4.69) is 24.5 Å². The lowest BCUT2D eigenvalue weighted by molar-refractivity contribution is -0.141. The molecule has 118 valence electrons. The van der Waals surface area contributed by atoms with Crippen LogP contribution in [0.3, 0.4) is 0 Å². The number of nitrogens with one attached hydrogen (secondary N) is 2. The summed E-state index contributed by atoms with van der Waals surface area (Å²) in [6, 6.07) is -0.323. The van der Waals surface area contributed by atoms with E-state index in [1.807, 2.05) is 6.92 Å². The van der Waals surface area contributed by atoms with Gasteiger partial charge in [-0.05, 0) is 18.8 Å². The molecule has 0 aromatic carbocycles. The van der Waals surface area contributed by atoms with Crippen LogP contribution in [0.2, 0.25) is 0 Å². The molecule has 0 saturated carbocycles. The number of urea groups is 1. The maximum absolute atomic E-state index is 11.5. The van der Waals surface area contributed by atoms with Gasteiger partial charge in [-0.1, -0.05) is 27.2 Å². The van der Waals surface area contributed by atoms with E-state index in [0.29, 0.717) is 25.5 Å². The van der Waals surface area contributed by atoms with Crippen LogP contribution in [0.1, 0.15) is 40.0 Å². The van der Waals surface area contributed by atoms with Gasteiger partial charge < -0.3 is 20.5 Å². The van der Waals surface area contributed by atoms with Crippen molar-refractivity contribution in [1.29, 1.82) is 0 Å². The zero-order valence-corrected chi connectivity index (χ0v) is 12.8. The number of carboxylic acid groups (broad SMARTS) is 1. The van der Waals surface area contributed by atoms with E-state index in [1.54, 1.807) is 0 Å². The van der Waals surface area contributed by atoms with Crippen LogP contribution in [-0.4, -0.2) is 43.4 Å². The molecule has 0 bridgehead atoms. The molecule has 0 radical (unpaired) electrons. The molecule has 0 aliphatic heterocycles. The lowest BCUT2D eigenvalue weighted by Crippen LogP contribution is -2.40. The Morgan fingerprint density at radius 1 is 1.25 bits per heavy atom. The molecule has 0 heterocycles. The number of amides is 2. The molecule has 1 unspecified atom stereocenters. The molecule has 0 spiro atoms. The van der Waals surface area contributed by atoms with E-state index in [9.17, 15) is 9.59 Å². The fraction of sp³-hybridized carbons (Fsp3) is 0.857. The standard InChI is InChI=1S/C14H28N2O4/c1-4-6-12(13(17)18)9-16-14(19)15-7-5-8-20-10-11(2)3/h11-12H,4-10H2,1-3H3,(H,17,18)(H2,15,16,19). The summed E-state index contributed by atoms with van der Waals surface area (Å²) < 4.78 is 5.39. The second-order valence-corrected chi connectivity index (χ2v) is 5.28. The van der Waals surface area contributed by atoms with Gasteiger partial charge in [-0.2, -0.15) is 0 Å². The molecule has 3 N–H and O–H groups in total. The average molecular weight is 288 g/mol. The van der Waals surface area contributed by atoms with Crippen molar-refractivity contribution >= 4 is 12.0 Å². The minimum atomic E-state index is -0.866. The van der Waals surface area contributed by atoms with E-state index >= 15 is 0 Å². The number of hydrogen-bond donors (Lipinski definition) is 3. The Hall–Kier alpha value is -1.30. The highest BCUT2D eigenvalue weighted by Gasteiger charge is 2.16. The van der Waals surface area contributed by atoms with E-state index < -0.39 is 11.9 Å². The Morgan fingerprint density at radius 3 is 2.50 bits per heavy atom. The van der Waals surface area contributed by atoms with E-state index in [0.717, 1.165) is 19.4 Å². The highest BCUT2D eigenvalue weighted by atomic mass is 16.5. The third-order valence-corrected chi connectivity index (χ3v) is 2.70. The Kier molecular flexibility index (Phi) is 10.8. The Bertz CT molecular complexity index is 282. The van der Waals surface area contributed by atoms with Crippen LogP contribution >= 0.6 is 0 Å². The zero-order chi connectivity index (χ0) is 15.4. The van der Waals surface area contributed by atoms with Gasteiger partial charge in [0.1, 0.15) is 0 Å². The number of carbonyl (C=O) groups is 2. The topological polar surface area (TPSA) is 87.7 Å². The van der Waals surface area contributed by atoms with Crippen LogP contribution in [-0.2, 0) is 9.53 Å². The van der Waals surface area contributed by atoms with Crippen molar-refractivity contribution in [3.63, 3.8) is 0 Å². The van der Waals surface area contributed by atoms with Crippen LogP contribution in [0, 0.1) is 11.8 Å². The van der Waals surface area contributed by atoms with Crippen molar-refractivity contribution in [2.45, 2.75) is 40.0 Å². The first-order valence-electron chi connectivity index (χ1n) is 7.29. The number of aliphatic carboxylic acids is 1. The fourth-order valence-electron chi connectivity index (χ4n) is 1.63. The van der Waals surface area contributed by atoms with Gasteiger partial charge in [0, 0.05) is 26.3 Å². The summed E-state index contributed by atoms with van der Waals surface area (Å²) in [5, 5.41) is 14.2. The van der Waals surface area contributed by atoms with Gasteiger partial charge >= 0.3 is 12.0 Å². The van der Waals surface area contributed by atoms with Crippen molar-refractivity contribution in [2.75, 3.05) is 26.3 Å².